The quantitative estimate of drug-likeness (QED) is 0.145. The van der Waals surface area contributed by atoms with Gasteiger partial charge in [-0.3, -0.25) is 9.59 Å². The van der Waals surface area contributed by atoms with Crippen LogP contribution in [0.1, 0.15) is 19.3 Å². The average molecular weight is 680 g/mol. The molecule has 42 heavy (non-hydrogen) atoms. The van der Waals surface area contributed by atoms with Gasteiger partial charge >= 0.3 is 53.6 Å². The van der Waals surface area contributed by atoms with Crippen LogP contribution in [0.4, 0.5) is 74.6 Å². The maximum absolute atomic E-state index is 14.0. The highest BCUT2D eigenvalue weighted by molar-refractivity contribution is 8.00. The molecular weight excluding hydrogens is 659 g/mol. The monoisotopic (exact) mass is 680 g/mol. The summed E-state index contributed by atoms with van der Waals surface area (Å²) in [5, 5.41) is 9.02. The molecule has 0 aromatic heterocycles. The van der Waals surface area contributed by atoms with Crippen LogP contribution >= 0.6 is 11.8 Å². The smallest absolute Gasteiger partial charge is 0.460 e. The number of hydrogen-bond donors (Lipinski definition) is 2. The van der Waals surface area contributed by atoms with Gasteiger partial charge in [0.15, 0.2) is 0 Å². The largest absolute Gasteiger partial charge is 0.481 e. The minimum atomic E-state index is -8.71. The Kier molecular flexibility index (Phi) is 12.4. The Morgan fingerprint density at radius 3 is 1.50 bits per heavy atom. The van der Waals surface area contributed by atoms with Crippen molar-refractivity contribution < 1.29 is 89.3 Å². The summed E-state index contributed by atoms with van der Waals surface area (Å²) in [4.78, 5) is 24.6. The van der Waals surface area contributed by atoms with E-state index in [0.29, 0.717) is 6.54 Å². The van der Waals surface area contributed by atoms with Crippen molar-refractivity contribution in [1.82, 2.24) is 10.2 Å². The van der Waals surface area contributed by atoms with Crippen LogP contribution in [0.15, 0.2) is 0 Å². The summed E-state index contributed by atoms with van der Waals surface area (Å²) in [6, 6.07) is 0. The first-order valence-corrected chi connectivity index (χ1v) is 11.9. The summed E-state index contributed by atoms with van der Waals surface area (Å²) in [5.41, 5.74) is 0. The predicted octanol–water partition coefficient (Wildman–Crippen LogP) is 6.03. The minimum absolute atomic E-state index is 0.143. The van der Waals surface area contributed by atoms with E-state index in [2.05, 4.69) is 5.32 Å². The van der Waals surface area contributed by atoms with Crippen LogP contribution in [-0.2, 0) is 9.59 Å². The molecule has 0 rings (SSSR count). The lowest BCUT2D eigenvalue weighted by Gasteiger charge is -2.42. The molecule has 5 nitrogen and oxygen atoms in total. The van der Waals surface area contributed by atoms with Gasteiger partial charge in [-0.15, -0.1) is 11.8 Å². The lowest BCUT2D eigenvalue weighted by atomic mass is 9.88. The molecule has 0 saturated heterocycles. The number of nitrogens with one attached hydrogen (secondary N) is 1. The first-order valence-electron chi connectivity index (χ1n) is 10.8. The van der Waals surface area contributed by atoms with E-state index in [1.165, 1.54) is 0 Å². The molecule has 0 radical (unpaired) electrons. The third-order valence-corrected chi connectivity index (χ3v) is 6.48. The Labute approximate surface area is 229 Å². The third kappa shape index (κ3) is 7.58. The van der Waals surface area contributed by atoms with Gasteiger partial charge < -0.3 is 15.3 Å². The number of carbonyl (C=O) groups excluding carboxylic acids is 1. The summed E-state index contributed by atoms with van der Waals surface area (Å²) in [5.74, 6) is -61.7. The number of carboxylic acid groups (broad SMARTS) is 1. The molecule has 0 aromatic carbocycles. The van der Waals surface area contributed by atoms with Crippen LogP contribution in [0, 0.1) is 0 Å². The van der Waals surface area contributed by atoms with Crippen LogP contribution in [-0.4, -0.2) is 108 Å². The number of carbonyl (C=O) groups is 2. The topological polar surface area (TPSA) is 69.6 Å². The van der Waals surface area contributed by atoms with Gasteiger partial charge in [0.25, 0.3) is 0 Å². The second-order valence-corrected chi connectivity index (χ2v) is 10.1. The van der Waals surface area contributed by atoms with Crippen LogP contribution in [0.5, 0.6) is 0 Å². The van der Waals surface area contributed by atoms with Crippen molar-refractivity contribution in [3.8, 4) is 0 Å². The number of carboxylic acids is 1. The highest BCUT2D eigenvalue weighted by Crippen LogP contribution is 2.64. The van der Waals surface area contributed by atoms with E-state index in [9.17, 15) is 84.2 Å². The van der Waals surface area contributed by atoms with Gasteiger partial charge in [-0.1, -0.05) is 0 Å². The number of rotatable bonds is 17. The molecule has 0 heterocycles. The zero-order chi connectivity index (χ0) is 34.0. The lowest BCUT2D eigenvalue weighted by Crippen LogP contribution is -2.74. The molecule has 250 valence electrons. The first kappa shape index (κ1) is 40.1. The summed E-state index contributed by atoms with van der Waals surface area (Å²) in [6.45, 7) is 0.228. The fourth-order valence-electron chi connectivity index (χ4n) is 2.79. The summed E-state index contributed by atoms with van der Waals surface area (Å²) >= 11 is -0.242. The number of nitrogens with zero attached hydrogens (tertiary/aromatic N) is 1. The third-order valence-electron chi connectivity index (χ3n) is 5.26. The van der Waals surface area contributed by atoms with Gasteiger partial charge in [0.2, 0.25) is 5.91 Å². The Hall–Kier alpha value is -1.94. The molecule has 2 N–H and O–H groups in total. The van der Waals surface area contributed by atoms with E-state index in [1.807, 2.05) is 0 Å². The van der Waals surface area contributed by atoms with Crippen LogP contribution < -0.4 is 5.32 Å². The molecular formula is C19H21F17N2O3S. The van der Waals surface area contributed by atoms with E-state index >= 15 is 0 Å². The normalized spacial score (nSPS) is 15.6. The Morgan fingerprint density at radius 1 is 0.714 bits per heavy atom. The Balaban J connectivity index is 6.06. The molecule has 1 amide bonds. The molecule has 0 bridgehead atoms. The SMILES string of the molecule is CN(C)CCCNC(=O)C(CC(=O)O)SCCC(F)(F)C(F)(F)C(F)(F)C(F)(F)C(F)(F)C(F)(F)C(F)(F)C(F)(F)F. The molecule has 1 unspecified atom stereocenters. The molecule has 0 aliphatic rings. The molecule has 0 saturated carbocycles. The van der Waals surface area contributed by atoms with Gasteiger partial charge in [-0.2, -0.15) is 74.6 Å². The van der Waals surface area contributed by atoms with E-state index < -0.39 is 83.4 Å². The van der Waals surface area contributed by atoms with Gasteiger partial charge in [0.05, 0.1) is 11.7 Å². The van der Waals surface area contributed by atoms with Crippen LogP contribution in [0.2, 0.25) is 0 Å². The predicted molar refractivity (Wildman–Crippen MR) is 110 cm³/mol. The van der Waals surface area contributed by atoms with Crippen LogP contribution in [0.25, 0.3) is 0 Å². The molecule has 0 fully saturated rings. The molecule has 0 aromatic rings. The summed E-state index contributed by atoms with van der Waals surface area (Å²) < 4.78 is 226. The van der Waals surface area contributed by atoms with Gasteiger partial charge in [0, 0.05) is 18.7 Å². The molecule has 23 heteroatoms. The van der Waals surface area contributed by atoms with Crippen molar-refractivity contribution in [1.29, 1.82) is 0 Å². The lowest BCUT2D eigenvalue weighted by molar-refractivity contribution is -0.461. The second-order valence-electron chi connectivity index (χ2n) is 8.80. The van der Waals surface area contributed by atoms with E-state index in [0.717, 1.165) is 0 Å². The van der Waals surface area contributed by atoms with E-state index in [-0.39, 0.29) is 24.7 Å². The van der Waals surface area contributed by atoms with Gasteiger partial charge in [-0.25, -0.2) is 0 Å². The Morgan fingerprint density at radius 2 is 1.12 bits per heavy atom. The zero-order valence-corrected chi connectivity index (χ0v) is 21.7. The average Bonchev–Trinajstić information content (AvgIpc) is 2.78. The number of alkyl halides is 17. The molecule has 0 spiro atoms. The maximum Gasteiger partial charge on any atom is 0.460 e. The van der Waals surface area contributed by atoms with Crippen molar-refractivity contribution in [2.45, 2.75) is 72.1 Å². The van der Waals surface area contributed by atoms with Crippen molar-refractivity contribution in [2.24, 2.45) is 0 Å². The van der Waals surface area contributed by atoms with Crippen molar-refractivity contribution in [2.75, 3.05) is 32.9 Å². The second kappa shape index (κ2) is 13.0. The van der Waals surface area contributed by atoms with E-state index in [1.54, 1.807) is 19.0 Å². The van der Waals surface area contributed by atoms with Crippen molar-refractivity contribution in [3.63, 3.8) is 0 Å². The molecule has 0 aliphatic heterocycles. The fourth-order valence-corrected chi connectivity index (χ4v) is 3.94. The number of aliphatic carboxylic acids is 1. The minimum Gasteiger partial charge on any atom is -0.481 e. The molecule has 0 aliphatic carbocycles. The highest BCUT2D eigenvalue weighted by Gasteiger charge is 2.95. The summed E-state index contributed by atoms with van der Waals surface area (Å²) in [6.07, 6.45) is -11.5. The summed E-state index contributed by atoms with van der Waals surface area (Å²) in [7, 11) is 3.23. The fraction of sp³-hybridized carbons (Fsp3) is 0.895. The number of amides is 1. The van der Waals surface area contributed by atoms with Crippen molar-refractivity contribution in [3.05, 3.63) is 0 Å². The van der Waals surface area contributed by atoms with Gasteiger partial charge in [-0.05, 0) is 27.1 Å². The first-order chi connectivity index (χ1) is 18.4. The van der Waals surface area contributed by atoms with E-state index in [4.69, 9.17) is 5.11 Å². The standard InChI is InChI=1S/C19H21F17N2O3S/c1-38(2)6-3-5-37-11(41)9(8-10(39)40)42-7-4-12(20,21)13(22,23)14(24,25)15(26,27)16(28,29)17(30,31)18(32,33)19(34,35)36/h9H,3-8H2,1-2H3,(H,37,41)(H,39,40). The number of halogens is 17. The Bertz CT molecular complexity index is 941. The number of thioether (sulfide) groups is 1. The molecule has 1 atom stereocenters. The van der Waals surface area contributed by atoms with Crippen molar-refractivity contribution >= 4 is 23.6 Å². The zero-order valence-electron chi connectivity index (χ0n) is 20.9. The highest BCUT2D eigenvalue weighted by atomic mass is 32.2. The number of hydrogen-bond acceptors (Lipinski definition) is 4. The maximum atomic E-state index is 14.0. The van der Waals surface area contributed by atoms with Crippen LogP contribution in [0.3, 0.4) is 0 Å². The van der Waals surface area contributed by atoms with Gasteiger partial charge in [0.1, 0.15) is 0 Å².